The Morgan fingerprint density at radius 3 is 2.67 bits per heavy atom. The summed E-state index contributed by atoms with van der Waals surface area (Å²) in [6.45, 7) is 0. The van der Waals surface area contributed by atoms with E-state index in [2.05, 4.69) is 15.7 Å². The molecule has 0 fully saturated rings. The van der Waals surface area contributed by atoms with Crippen molar-refractivity contribution in [2.24, 2.45) is 5.84 Å². The van der Waals surface area contributed by atoms with Crippen molar-refractivity contribution in [2.45, 2.75) is 0 Å². The van der Waals surface area contributed by atoms with Crippen LogP contribution in [-0.4, -0.2) is 15.8 Å². The van der Waals surface area contributed by atoms with Crippen molar-refractivity contribution in [2.75, 3.05) is 10.7 Å². The van der Waals surface area contributed by atoms with E-state index in [4.69, 9.17) is 17.4 Å². The first kappa shape index (κ1) is 14.7. The van der Waals surface area contributed by atoms with Gasteiger partial charge >= 0.3 is 5.69 Å². The number of rotatable bonds is 4. The minimum absolute atomic E-state index is 0.0386. The number of hydrogen-bond donors (Lipinski definition) is 3. The molecule has 9 heteroatoms. The summed E-state index contributed by atoms with van der Waals surface area (Å²) in [5, 5.41) is 14.0. The normalized spacial score (nSPS) is 10.0. The third-order valence-electron chi connectivity index (χ3n) is 2.59. The first-order valence-corrected chi connectivity index (χ1v) is 6.07. The van der Waals surface area contributed by atoms with Crippen LogP contribution in [0.15, 0.2) is 36.5 Å². The minimum Gasteiger partial charge on any atom is -0.318 e. The van der Waals surface area contributed by atoms with E-state index in [-0.39, 0.29) is 17.1 Å². The molecule has 1 aromatic heterocycles. The van der Waals surface area contributed by atoms with Gasteiger partial charge in [0.05, 0.1) is 9.95 Å². The number of carbonyl (C=O) groups is 1. The molecule has 4 N–H and O–H groups in total. The molecule has 0 aliphatic rings. The van der Waals surface area contributed by atoms with Crippen LogP contribution in [0.5, 0.6) is 0 Å². The average Bonchev–Trinajstić information content (AvgIpc) is 2.48. The van der Waals surface area contributed by atoms with Crippen molar-refractivity contribution in [3.8, 4) is 0 Å². The molecule has 21 heavy (non-hydrogen) atoms. The summed E-state index contributed by atoms with van der Waals surface area (Å²) in [6.07, 6.45) is 1.35. The highest BCUT2D eigenvalue weighted by atomic mass is 35.5. The highest BCUT2D eigenvalue weighted by Crippen LogP contribution is 2.28. The van der Waals surface area contributed by atoms with Gasteiger partial charge in [0.15, 0.2) is 0 Å². The van der Waals surface area contributed by atoms with Crippen LogP contribution < -0.4 is 16.6 Å². The Balaban J connectivity index is 2.35. The van der Waals surface area contributed by atoms with Gasteiger partial charge in [0.2, 0.25) is 0 Å². The summed E-state index contributed by atoms with van der Waals surface area (Å²) in [6, 6.07) is 7.22. The quantitative estimate of drug-likeness (QED) is 0.452. The van der Waals surface area contributed by atoms with E-state index in [1.54, 1.807) is 0 Å². The lowest BCUT2D eigenvalue weighted by atomic mass is 10.1. The van der Waals surface area contributed by atoms with Gasteiger partial charge in [-0.15, -0.1) is 0 Å². The maximum absolute atomic E-state index is 12.1. The Kier molecular flexibility index (Phi) is 4.31. The molecular weight excluding hydrogens is 298 g/mol. The van der Waals surface area contributed by atoms with E-state index in [9.17, 15) is 14.9 Å². The maximum atomic E-state index is 12.1. The molecule has 0 radical (unpaired) electrons. The first-order valence-electron chi connectivity index (χ1n) is 5.70. The number of nitrogens with one attached hydrogen (secondary N) is 2. The summed E-state index contributed by atoms with van der Waals surface area (Å²) in [7, 11) is 0. The van der Waals surface area contributed by atoms with Crippen LogP contribution >= 0.6 is 11.6 Å². The number of aromatic nitrogens is 1. The van der Waals surface area contributed by atoms with Crippen LogP contribution in [0.4, 0.5) is 17.2 Å². The molecule has 0 saturated carbocycles. The Labute approximate surface area is 124 Å². The number of pyridine rings is 1. The Bertz CT molecular complexity index is 690. The number of halogens is 1. The number of carbonyl (C=O) groups excluding carboxylic acids is 1. The van der Waals surface area contributed by atoms with Crippen LogP contribution in [0.3, 0.4) is 0 Å². The van der Waals surface area contributed by atoms with Gasteiger partial charge in [-0.25, -0.2) is 4.98 Å². The summed E-state index contributed by atoms with van der Waals surface area (Å²) < 4.78 is 0. The third kappa shape index (κ3) is 3.25. The van der Waals surface area contributed by atoms with Gasteiger partial charge in [-0.3, -0.25) is 20.8 Å². The van der Waals surface area contributed by atoms with Gasteiger partial charge in [-0.05, 0) is 24.3 Å². The van der Waals surface area contributed by atoms with E-state index in [0.717, 1.165) is 0 Å². The fourth-order valence-electron chi connectivity index (χ4n) is 1.67. The SMILES string of the molecule is NNc1cccc(C(=O)Nc2ccc(Cl)cn2)c1[N+](=O)[O-]. The van der Waals surface area contributed by atoms with E-state index in [0.29, 0.717) is 5.02 Å². The molecule has 108 valence electrons. The van der Waals surface area contributed by atoms with E-state index >= 15 is 0 Å². The highest BCUT2D eigenvalue weighted by molar-refractivity contribution is 6.30. The molecule has 2 aromatic rings. The summed E-state index contributed by atoms with van der Waals surface area (Å²) in [5.41, 5.74) is 1.68. The molecule has 0 atom stereocenters. The number of nitro groups is 1. The zero-order valence-electron chi connectivity index (χ0n) is 10.5. The van der Waals surface area contributed by atoms with Crippen LogP contribution in [-0.2, 0) is 0 Å². The molecular formula is C12H10ClN5O3. The van der Waals surface area contributed by atoms with Gasteiger partial charge in [0, 0.05) is 6.20 Å². The number of benzene rings is 1. The first-order chi connectivity index (χ1) is 10.0. The van der Waals surface area contributed by atoms with E-state index in [1.807, 2.05) is 0 Å². The highest BCUT2D eigenvalue weighted by Gasteiger charge is 2.24. The molecule has 0 unspecified atom stereocenters. The van der Waals surface area contributed by atoms with Gasteiger partial charge < -0.3 is 10.7 Å². The average molecular weight is 308 g/mol. The zero-order chi connectivity index (χ0) is 15.4. The number of hydrogen-bond acceptors (Lipinski definition) is 6. The number of nitrogens with zero attached hydrogens (tertiary/aromatic N) is 2. The second-order valence-corrected chi connectivity index (χ2v) is 4.36. The van der Waals surface area contributed by atoms with Crippen molar-refractivity contribution in [3.63, 3.8) is 0 Å². The third-order valence-corrected chi connectivity index (χ3v) is 2.81. The van der Waals surface area contributed by atoms with Crippen molar-refractivity contribution >= 4 is 34.7 Å². The van der Waals surface area contributed by atoms with Crippen LogP contribution in [0.1, 0.15) is 10.4 Å². The van der Waals surface area contributed by atoms with Gasteiger partial charge in [0.25, 0.3) is 5.91 Å². The smallest absolute Gasteiger partial charge is 0.306 e. The topological polar surface area (TPSA) is 123 Å². The predicted octanol–water partition coefficient (Wildman–Crippen LogP) is 2.18. The number of hydrazine groups is 1. The minimum atomic E-state index is -0.681. The van der Waals surface area contributed by atoms with E-state index < -0.39 is 16.5 Å². The Morgan fingerprint density at radius 1 is 1.33 bits per heavy atom. The lowest BCUT2D eigenvalue weighted by Gasteiger charge is -2.08. The molecule has 1 aromatic carbocycles. The monoisotopic (exact) mass is 307 g/mol. The fourth-order valence-corrected chi connectivity index (χ4v) is 1.79. The Hall–Kier alpha value is -2.71. The second-order valence-electron chi connectivity index (χ2n) is 3.92. The molecule has 0 spiro atoms. The largest absolute Gasteiger partial charge is 0.318 e. The number of nitrogens with two attached hydrogens (primary N) is 1. The number of nitrogen functional groups attached to an aromatic ring is 1. The lowest BCUT2D eigenvalue weighted by Crippen LogP contribution is -2.17. The standard InChI is InChI=1S/C12H10ClN5O3/c13-7-4-5-10(15-6-7)16-12(19)8-2-1-3-9(17-14)11(8)18(20)21/h1-6,17H,14H2,(H,15,16,19). The molecule has 1 heterocycles. The zero-order valence-corrected chi connectivity index (χ0v) is 11.3. The molecule has 0 bridgehead atoms. The van der Waals surface area contributed by atoms with Crippen LogP contribution in [0.2, 0.25) is 5.02 Å². The van der Waals surface area contributed by atoms with Crippen LogP contribution in [0.25, 0.3) is 0 Å². The number of para-hydroxylation sites is 1. The predicted molar refractivity (Wildman–Crippen MR) is 78.1 cm³/mol. The van der Waals surface area contributed by atoms with Gasteiger partial charge in [0.1, 0.15) is 17.1 Å². The summed E-state index contributed by atoms with van der Waals surface area (Å²) >= 11 is 5.68. The van der Waals surface area contributed by atoms with Crippen molar-refractivity contribution < 1.29 is 9.72 Å². The summed E-state index contributed by atoms with van der Waals surface area (Å²) in [5.74, 6) is 4.77. The molecule has 8 nitrogen and oxygen atoms in total. The fraction of sp³-hybridized carbons (Fsp3) is 0. The van der Waals surface area contributed by atoms with Crippen LogP contribution in [0, 0.1) is 10.1 Å². The lowest BCUT2D eigenvalue weighted by molar-refractivity contribution is -0.384. The maximum Gasteiger partial charge on any atom is 0.306 e. The number of anilines is 2. The van der Waals surface area contributed by atoms with Crippen molar-refractivity contribution in [1.82, 2.24) is 4.98 Å². The van der Waals surface area contributed by atoms with Gasteiger partial charge in [-0.1, -0.05) is 17.7 Å². The summed E-state index contributed by atoms with van der Waals surface area (Å²) in [4.78, 5) is 26.4. The second kappa shape index (κ2) is 6.16. The number of nitro benzene ring substituents is 1. The molecule has 2 rings (SSSR count). The Morgan fingerprint density at radius 2 is 2.10 bits per heavy atom. The van der Waals surface area contributed by atoms with Gasteiger partial charge in [-0.2, -0.15) is 0 Å². The molecule has 0 saturated heterocycles. The molecule has 0 aliphatic carbocycles. The molecule has 0 aliphatic heterocycles. The van der Waals surface area contributed by atoms with E-state index in [1.165, 1.54) is 36.5 Å². The van der Waals surface area contributed by atoms with Crippen molar-refractivity contribution in [3.05, 3.63) is 57.2 Å². The molecule has 1 amide bonds. The number of amides is 1. The van der Waals surface area contributed by atoms with Crippen molar-refractivity contribution in [1.29, 1.82) is 0 Å².